The number of carbonyl (C=O) groups is 2. The molecule has 0 aliphatic carbocycles. The van der Waals surface area contributed by atoms with Gasteiger partial charge in [0.25, 0.3) is 5.91 Å². The SMILES string of the molecule is COC(=O)[C@H]1Cc2ccccc2N1C(=O)c1cccc2c1OCO2. The van der Waals surface area contributed by atoms with Gasteiger partial charge >= 0.3 is 5.97 Å². The number of hydrogen-bond acceptors (Lipinski definition) is 5. The van der Waals surface area contributed by atoms with Crippen molar-refractivity contribution in [3.63, 3.8) is 0 Å². The number of hydrogen-bond donors (Lipinski definition) is 0. The molecule has 0 fully saturated rings. The highest BCUT2D eigenvalue weighted by Gasteiger charge is 2.40. The smallest absolute Gasteiger partial charge is 0.329 e. The molecule has 0 unspecified atom stereocenters. The summed E-state index contributed by atoms with van der Waals surface area (Å²) >= 11 is 0. The highest BCUT2D eigenvalue weighted by molar-refractivity contribution is 6.12. The van der Waals surface area contributed by atoms with E-state index in [1.807, 2.05) is 24.3 Å². The van der Waals surface area contributed by atoms with Crippen LogP contribution in [0.4, 0.5) is 5.69 Å². The molecule has 0 bridgehead atoms. The molecule has 0 radical (unpaired) electrons. The van der Waals surface area contributed by atoms with Crippen molar-refractivity contribution in [3.05, 3.63) is 53.6 Å². The molecule has 122 valence electrons. The van der Waals surface area contributed by atoms with Crippen LogP contribution in [0.25, 0.3) is 0 Å². The molecule has 0 aromatic heterocycles. The van der Waals surface area contributed by atoms with E-state index < -0.39 is 12.0 Å². The van der Waals surface area contributed by atoms with Crippen LogP contribution in [-0.2, 0) is 16.0 Å². The van der Waals surface area contributed by atoms with Crippen molar-refractivity contribution in [1.82, 2.24) is 0 Å². The summed E-state index contributed by atoms with van der Waals surface area (Å²) in [6.45, 7) is 0.0800. The number of rotatable bonds is 2. The minimum atomic E-state index is -0.682. The fraction of sp³-hybridized carbons (Fsp3) is 0.222. The molecular weight excluding hydrogens is 310 g/mol. The Morgan fingerprint density at radius 1 is 1.12 bits per heavy atom. The summed E-state index contributed by atoms with van der Waals surface area (Å²) in [6, 6.07) is 11.9. The third-order valence-electron chi connectivity index (χ3n) is 4.30. The Bertz CT molecular complexity index is 832. The first-order chi connectivity index (χ1) is 11.7. The lowest BCUT2D eigenvalue weighted by Gasteiger charge is -2.24. The van der Waals surface area contributed by atoms with Gasteiger partial charge in [-0.15, -0.1) is 0 Å². The van der Waals surface area contributed by atoms with Gasteiger partial charge in [0.05, 0.1) is 12.7 Å². The monoisotopic (exact) mass is 325 g/mol. The van der Waals surface area contributed by atoms with Crippen molar-refractivity contribution >= 4 is 17.6 Å². The quantitative estimate of drug-likeness (QED) is 0.792. The van der Waals surface area contributed by atoms with Gasteiger partial charge < -0.3 is 14.2 Å². The van der Waals surface area contributed by atoms with E-state index in [2.05, 4.69) is 0 Å². The number of carbonyl (C=O) groups excluding carboxylic acids is 2. The van der Waals surface area contributed by atoms with Gasteiger partial charge in [0.1, 0.15) is 6.04 Å². The predicted octanol–water partition coefficient (Wildman–Crippen LogP) is 2.16. The highest BCUT2D eigenvalue weighted by Crippen LogP contribution is 2.39. The first-order valence-electron chi connectivity index (χ1n) is 7.58. The minimum absolute atomic E-state index is 0.0800. The van der Waals surface area contributed by atoms with Crippen LogP contribution in [0.1, 0.15) is 15.9 Å². The second-order valence-electron chi connectivity index (χ2n) is 5.59. The Morgan fingerprint density at radius 2 is 1.96 bits per heavy atom. The fourth-order valence-corrected chi connectivity index (χ4v) is 3.19. The van der Waals surface area contributed by atoms with Crippen LogP contribution >= 0.6 is 0 Å². The van der Waals surface area contributed by atoms with Gasteiger partial charge in [-0.25, -0.2) is 4.79 Å². The molecule has 24 heavy (non-hydrogen) atoms. The molecule has 1 atom stereocenters. The second-order valence-corrected chi connectivity index (χ2v) is 5.59. The first-order valence-corrected chi connectivity index (χ1v) is 7.58. The first kappa shape index (κ1) is 14.6. The van der Waals surface area contributed by atoms with Crippen LogP contribution in [-0.4, -0.2) is 31.8 Å². The van der Waals surface area contributed by atoms with E-state index in [1.165, 1.54) is 12.0 Å². The molecule has 0 saturated carbocycles. The molecule has 4 rings (SSSR count). The number of nitrogens with zero attached hydrogens (tertiary/aromatic N) is 1. The zero-order valence-corrected chi connectivity index (χ0v) is 13.0. The Balaban J connectivity index is 1.79. The van der Waals surface area contributed by atoms with Crippen molar-refractivity contribution in [2.24, 2.45) is 0 Å². The number of benzene rings is 2. The standard InChI is InChI=1S/C18H15NO5/c1-22-18(21)14-9-11-5-2-3-7-13(11)19(14)17(20)12-6-4-8-15-16(12)24-10-23-15/h2-8,14H,9-10H2,1H3/t14-/m1/s1. The van der Waals surface area contributed by atoms with E-state index in [0.717, 1.165) is 11.3 Å². The zero-order chi connectivity index (χ0) is 16.7. The van der Waals surface area contributed by atoms with E-state index in [-0.39, 0.29) is 12.7 Å². The largest absolute Gasteiger partial charge is 0.467 e. The average molecular weight is 325 g/mol. The van der Waals surface area contributed by atoms with E-state index in [0.29, 0.717) is 23.5 Å². The van der Waals surface area contributed by atoms with Crippen molar-refractivity contribution in [3.8, 4) is 11.5 Å². The summed E-state index contributed by atoms with van der Waals surface area (Å²) < 4.78 is 15.7. The molecular formula is C18H15NO5. The van der Waals surface area contributed by atoms with Crippen LogP contribution in [0.5, 0.6) is 11.5 Å². The van der Waals surface area contributed by atoms with Crippen LogP contribution in [0.15, 0.2) is 42.5 Å². The van der Waals surface area contributed by atoms with Gasteiger partial charge in [0.15, 0.2) is 11.5 Å². The van der Waals surface area contributed by atoms with Gasteiger partial charge in [-0.1, -0.05) is 24.3 Å². The lowest BCUT2D eigenvalue weighted by molar-refractivity contribution is -0.141. The molecule has 0 saturated heterocycles. The van der Waals surface area contributed by atoms with Gasteiger partial charge in [-0.3, -0.25) is 9.69 Å². The lowest BCUT2D eigenvalue weighted by atomic mass is 10.1. The van der Waals surface area contributed by atoms with Crippen molar-refractivity contribution in [1.29, 1.82) is 0 Å². The number of ether oxygens (including phenoxy) is 3. The van der Waals surface area contributed by atoms with Gasteiger partial charge in [0.2, 0.25) is 6.79 Å². The average Bonchev–Trinajstić information content (AvgIpc) is 3.24. The third-order valence-corrected chi connectivity index (χ3v) is 4.30. The number of esters is 1. The van der Waals surface area contributed by atoms with Gasteiger partial charge in [-0.2, -0.15) is 0 Å². The zero-order valence-electron chi connectivity index (χ0n) is 13.0. The molecule has 6 nitrogen and oxygen atoms in total. The summed E-state index contributed by atoms with van der Waals surface area (Å²) in [5, 5.41) is 0. The Labute approximate surface area is 138 Å². The molecule has 2 aliphatic heterocycles. The molecule has 2 heterocycles. The molecule has 2 aromatic rings. The Kier molecular flexibility index (Phi) is 3.37. The van der Waals surface area contributed by atoms with Gasteiger partial charge in [-0.05, 0) is 23.8 Å². The van der Waals surface area contributed by atoms with Gasteiger partial charge in [0, 0.05) is 12.1 Å². The number of anilines is 1. The summed E-state index contributed by atoms with van der Waals surface area (Å²) in [5.41, 5.74) is 2.02. The van der Waals surface area contributed by atoms with Crippen LogP contribution in [0.2, 0.25) is 0 Å². The topological polar surface area (TPSA) is 65.1 Å². The maximum Gasteiger partial charge on any atom is 0.329 e. The van der Waals surface area contributed by atoms with Crippen LogP contribution in [0.3, 0.4) is 0 Å². The summed E-state index contributed by atoms with van der Waals surface area (Å²) in [5.74, 6) is 0.195. The normalized spacial score (nSPS) is 17.5. The van der Waals surface area contributed by atoms with E-state index in [9.17, 15) is 9.59 Å². The van der Waals surface area contributed by atoms with E-state index in [4.69, 9.17) is 14.2 Å². The van der Waals surface area contributed by atoms with Crippen molar-refractivity contribution < 1.29 is 23.8 Å². The Hall–Kier alpha value is -3.02. The number of amides is 1. The molecule has 1 amide bonds. The Morgan fingerprint density at radius 3 is 2.79 bits per heavy atom. The maximum absolute atomic E-state index is 13.2. The minimum Gasteiger partial charge on any atom is -0.467 e. The summed E-state index contributed by atoms with van der Waals surface area (Å²) in [4.78, 5) is 26.9. The number of para-hydroxylation sites is 2. The maximum atomic E-state index is 13.2. The number of fused-ring (bicyclic) bond motifs is 2. The van der Waals surface area contributed by atoms with Crippen LogP contribution in [0, 0.1) is 0 Å². The molecule has 0 spiro atoms. The van der Waals surface area contributed by atoms with Crippen molar-refractivity contribution in [2.45, 2.75) is 12.5 Å². The predicted molar refractivity (Wildman–Crippen MR) is 85.3 cm³/mol. The van der Waals surface area contributed by atoms with E-state index >= 15 is 0 Å². The second kappa shape index (κ2) is 5.56. The van der Waals surface area contributed by atoms with Crippen molar-refractivity contribution in [2.75, 3.05) is 18.8 Å². The molecule has 2 aromatic carbocycles. The lowest BCUT2D eigenvalue weighted by Crippen LogP contribution is -2.43. The summed E-state index contributed by atoms with van der Waals surface area (Å²) in [7, 11) is 1.32. The summed E-state index contributed by atoms with van der Waals surface area (Å²) in [6.07, 6.45) is 0.432. The number of methoxy groups -OCH3 is 1. The fourth-order valence-electron chi connectivity index (χ4n) is 3.19. The molecule has 0 N–H and O–H groups in total. The van der Waals surface area contributed by atoms with Crippen LogP contribution < -0.4 is 14.4 Å². The highest BCUT2D eigenvalue weighted by atomic mass is 16.7. The molecule has 2 aliphatic rings. The molecule has 6 heteroatoms. The van der Waals surface area contributed by atoms with E-state index in [1.54, 1.807) is 18.2 Å². The third kappa shape index (κ3) is 2.11.